The third-order valence-electron chi connectivity index (χ3n) is 2.13. The van der Waals surface area contributed by atoms with Crippen LogP contribution in [0.1, 0.15) is 5.56 Å². The molecular weight excluding hydrogens is 240 g/mol. The molecule has 0 unspecified atom stereocenters. The van der Waals surface area contributed by atoms with Crippen molar-refractivity contribution in [1.29, 1.82) is 0 Å². The molecule has 0 aliphatic carbocycles. The lowest BCUT2D eigenvalue weighted by Gasteiger charge is -2.03. The van der Waals surface area contributed by atoms with Crippen molar-refractivity contribution in [2.24, 2.45) is 0 Å². The van der Waals surface area contributed by atoms with Crippen molar-refractivity contribution in [3.8, 4) is 0 Å². The number of nitrogens with zero attached hydrogens (tertiary/aromatic N) is 2. The largest absolute Gasteiger partial charge is 0.272 e. The highest BCUT2D eigenvalue weighted by atomic mass is 79.9. The lowest BCUT2D eigenvalue weighted by molar-refractivity contribution is 0.614. The summed E-state index contributed by atoms with van der Waals surface area (Å²) < 4.78 is 3.12. The molecule has 0 atom stereocenters. The molecular formula is C11H11BrN2. The van der Waals surface area contributed by atoms with E-state index in [0.717, 1.165) is 13.0 Å². The summed E-state index contributed by atoms with van der Waals surface area (Å²) in [6.45, 7) is 0.926. The minimum Gasteiger partial charge on any atom is -0.272 e. The molecule has 0 saturated heterocycles. The predicted octanol–water partition coefficient (Wildman–Crippen LogP) is 2.89. The average molecular weight is 251 g/mol. The van der Waals surface area contributed by atoms with Crippen molar-refractivity contribution in [1.82, 2.24) is 9.78 Å². The van der Waals surface area contributed by atoms with Crippen LogP contribution in [0.2, 0.25) is 0 Å². The number of rotatable bonds is 3. The SMILES string of the molecule is Brc1ccccc1CCn1cccn1. The van der Waals surface area contributed by atoms with Crippen molar-refractivity contribution < 1.29 is 0 Å². The minimum absolute atomic E-state index is 0.926. The first-order valence-corrected chi connectivity index (χ1v) is 5.36. The van der Waals surface area contributed by atoms with Gasteiger partial charge in [0.1, 0.15) is 0 Å². The van der Waals surface area contributed by atoms with Crippen molar-refractivity contribution in [2.75, 3.05) is 0 Å². The van der Waals surface area contributed by atoms with Gasteiger partial charge in [-0.15, -0.1) is 0 Å². The van der Waals surface area contributed by atoms with E-state index in [1.165, 1.54) is 10.0 Å². The Balaban J connectivity index is 2.02. The Bertz CT molecular complexity index is 395. The number of halogens is 1. The van der Waals surface area contributed by atoms with Crippen molar-refractivity contribution in [3.63, 3.8) is 0 Å². The molecule has 0 aliphatic rings. The summed E-state index contributed by atoms with van der Waals surface area (Å²) in [6.07, 6.45) is 4.79. The molecule has 1 heterocycles. The maximum atomic E-state index is 4.16. The standard InChI is InChI=1S/C11H11BrN2/c12-11-5-2-1-4-10(11)6-9-14-8-3-7-13-14/h1-5,7-8H,6,9H2. The summed E-state index contributed by atoms with van der Waals surface area (Å²) in [6, 6.07) is 10.2. The molecule has 0 spiro atoms. The van der Waals surface area contributed by atoms with Gasteiger partial charge in [0.25, 0.3) is 0 Å². The van der Waals surface area contributed by atoms with Gasteiger partial charge < -0.3 is 0 Å². The van der Waals surface area contributed by atoms with Crippen LogP contribution in [0, 0.1) is 0 Å². The summed E-state index contributed by atoms with van der Waals surface area (Å²) in [4.78, 5) is 0. The first-order valence-electron chi connectivity index (χ1n) is 4.57. The fourth-order valence-corrected chi connectivity index (χ4v) is 1.85. The summed E-state index contributed by atoms with van der Waals surface area (Å²) >= 11 is 3.53. The van der Waals surface area contributed by atoms with Gasteiger partial charge in [0.15, 0.2) is 0 Å². The number of benzene rings is 1. The second-order valence-electron chi connectivity index (χ2n) is 3.11. The Hall–Kier alpha value is -1.09. The van der Waals surface area contributed by atoms with E-state index < -0.39 is 0 Å². The van der Waals surface area contributed by atoms with Crippen LogP contribution in [0.15, 0.2) is 47.2 Å². The third kappa shape index (κ3) is 2.23. The third-order valence-corrected chi connectivity index (χ3v) is 2.90. The summed E-state index contributed by atoms with van der Waals surface area (Å²) in [5, 5.41) is 4.16. The van der Waals surface area contributed by atoms with Gasteiger partial charge in [-0.2, -0.15) is 5.10 Å². The highest BCUT2D eigenvalue weighted by Gasteiger charge is 1.98. The smallest absolute Gasteiger partial charge is 0.0489 e. The number of hydrogen-bond acceptors (Lipinski definition) is 1. The lowest BCUT2D eigenvalue weighted by Crippen LogP contribution is -2.01. The molecule has 14 heavy (non-hydrogen) atoms. The molecule has 1 aromatic carbocycles. The Morgan fingerprint density at radius 2 is 2.07 bits per heavy atom. The molecule has 2 nitrogen and oxygen atoms in total. The predicted molar refractivity (Wildman–Crippen MR) is 60.1 cm³/mol. The Kier molecular flexibility index (Phi) is 2.99. The molecule has 0 radical (unpaired) electrons. The van der Waals surface area contributed by atoms with Crippen molar-refractivity contribution in [3.05, 3.63) is 52.8 Å². The van der Waals surface area contributed by atoms with Gasteiger partial charge in [-0.1, -0.05) is 34.1 Å². The van der Waals surface area contributed by atoms with Gasteiger partial charge in [-0.25, -0.2) is 0 Å². The summed E-state index contributed by atoms with van der Waals surface area (Å²) in [5.74, 6) is 0. The fourth-order valence-electron chi connectivity index (χ4n) is 1.37. The van der Waals surface area contributed by atoms with Gasteiger partial charge in [-0.3, -0.25) is 4.68 Å². The Labute approximate surface area is 91.7 Å². The van der Waals surface area contributed by atoms with E-state index >= 15 is 0 Å². The molecule has 0 amide bonds. The van der Waals surface area contributed by atoms with Gasteiger partial charge in [0.2, 0.25) is 0 Å². The molecule has 0 saturated carbocycles. The van der Waals surface area contributed by atoms with E-state index in [9.17, 15) is 0 Å². The Morgan fingerprint density at radius 1 is 1.21 bits per heavy atom. The topological polar surface area (TPSA) is 17.8 Å². The molecule has 0 fully saturated rings. The van der Waals surface area contributed by atoms with Crippen LogP contribution < -0.4 is 0 Å². The van der Waals surface area contributed by atoms with Gasteiger partial charge in [-0.05, 0) is 24.1 Å². The first kappa shape index (κ1) is 9.46. The molecule has 3 heteroatoms. The zero-order chi connectivity index (χ0) is 9.80. The average Bonchev–Trinajstić information content (AvgIpc) is 2.69. The van der Waals surface area contributed by atoms with Crippen LogP contribution in [0.5, 0.6) is 0 Å². The van der Waals surface area contributed by atoms with Gasteiger partial charge >= 0.3 is 0 Å². The van der Waals surface area contributed by atoms with Crippen LogP contribution in [0.25, 0.3) is 0 Å². The van der Waals surface area contributed by atoms with Gasteiger partial charge in [0.05, 0.1) is 0 Å². The molecule has 2 rings (SSSR count). The highest BCUT2D eigenvalue weighted by molar-refractivity contribution is 9.10. The van der Waals surface area contributed by atoms with Crippen LogP contribution in [0.4, 0.5) is 0 Å². The quantitative estimate of drug-likeness (QED) is 0.820. The monoisotopic (exact) mass is 250 g/mol. The number of hydrogen-bond donors (Lipinski definition) is 0. The van der Waals surface area contributed by atoms with E-state index in [4.69, 9.17) is 0 Å². The zero-order valence-corrected chi connectivity index (χ0v) is 9.31. The van der Waals surface area contributed by atoms with Crippen LogP contribution in [-0.4, -0.2) is 9.78 Å². The first-order chi connectivity index (χ1) is 6.86. The molecule has 72 valence electrons. The lowest BCUT2D eigenvalue weighted by atomic mass is 10.1. The molecule has 1 aromatic heterocycles. The maximum absolute atomic E-state index is 4.16. The zero-order valence-electron chi connectivity index (χ0n) is 7.73. The van der Waals surface area contributed by atoms with E-state index in [0.29, 0.717) is 0 Å². The minimum atomic E-state index is 0.926. The molecule has 0 N–H and O–H groups in total. The van der Waals surface area contributed by atoms with E-state index in [1.54, 1.807) is 6.20 Å². The normalized spacial score (nSPS) is 10.4. The van der Waals surface area contributed by atoms with Crippen LogP contribution >= 0.6 is 15.9 Å². The molecule has 2 aromatic rings. The van der Waals surface area contributed by atoms with Gasteiger partial charge in [0, 0.05) is 23.4 Å². The van der Waals surface area contributed by atoms with E-state index in [1.807, 2.05) is 23.0 Å². The molecule has 0 bridgehead atoms. The number of aromatic nitrogens is 2. The second-order valence-corrected chi connectivity index (χ2v) is 3.96. The highest BCUT2D eigenvalue weighted by Crippen LogP contribution is 2.16. The van der Waals surface area contributed by atoms with E-state index in [2.05, 4.69) is 39.2 Å². The maximum Gasteiger partial charge on any atom is 0.0489 e. The van der Waals surface area contributed by atoms with Crippen LogP contribution in [0.3, 0.4) is 0 Å². The number of aryl methyl sites for hydroxylation is 2. The van der Waals surface area contributed by atoms with Crippen LogP contribution in [-0.2, 0) is 13.0 Å². The Morgan fingerprint density at radius 3 is 2.79 bits per heavy atom. The van der Waals surface area contributed by atoms with Crippen molar-refractivity contribution in [2.45, 2.75) is 13.0 Å². The molecule has 0 aliphatic heterocycles. The second kappa shape index (κ2) is 4.42. The summed E-state index contributed by atoms with van der Waals surface area (Å²) in [5.41, 5.74) is 1.32. The summed E-state index contributed by atoms with van der Waals surface area (Å²) in [7, 11) is 0. The van der Waals surface area contributed by atoms with Crippen molar-refractivity contribution >= 4 is 15.9 Å². The van der Waals surface area contributed by atoms with E-state index in [-0.39, 0.29) is 0 Å². The fraction of sp³-hybridized carbons (Fsp3) is 0.182.